The van der Waals surface area contributed by atoms with E-state index in [-0.39, 0.29) is 12.4 Å². The summed E-state index contributed by atoms with van der Waals surface area (Å²) in [6.45, 7) is 3.77. The summed E-state index contributed by atoms with van der Waals surface area (Å²) in [6, 6.07) is 18.6. The molecule has 0 aromatic heterocycles. The van der Waals surface area contributed by atoms with Crippen LogP contribution in [0.4, 0.5) is 0 Å². The van der Waals surface area contributed by atoms with Gasteiger partial charge in [-0.25, -0.2) is 5.43 Å². The van der Waals surface area contributed by atoms with Crippen LogP contribution in [-0.4, -0.2) is 23.8 Å². The molecule has 6 heteroatoms. The second-order valence-corrected chi connectivity index (χ2v) is 7.42. The summed E-state index contributed by atoms with van der Waals surface area (Å²) in [5, 5.41) is 14.7. The van der Waals surface area contributed by atoms with Gasteiger partial charge < -0.3 is 9.84 Å². The lowest BCUT2D eigenvalue weighted by molar-refractivity contribution is -0.123. The third kappa shape index (κ3) is 5.84. The van der Waals surface area contributed by atoms with E-state index in [0.717, 1.165) is 22.3 Å². The predicted molar refractivity (Wildman–Crippen MR) is 120 cm³/mol. The molecule has 0 aliphatic heterocycles. The van der Waals surface area contributed by atoms with Crippen molar-refractivity contribution < 1.29 is 14.6 Å². The average molecular weight is 423 g/mol. The molecule has 0 radical (unpaired) electrons. The normalized spacial score (nSPS) is 10.9. The number of ether oxygens (including phenoxy) is 1. The zero-order valence-electron chi connectivity index (χ0n) is 16.9. The fourth-order valence-corrected chi connectivity index (χ4v) is 3.19. The van der Waals surface area contributed by atoms with E-state index in [0.29, 0.717) is 22.8 Å². The molecule has 30 heavy (non-hydrogen) atoms. The molecule has 0 spiro atoms. The Bertz CT molecular complexity index is 1080. The van der Waals surface area contributed by atoms with Crippen LogP contribution < -0.4 is 10.2 Å². The third-order valence-corrected chi connectivity index (χ3v) is 4.90. The first-order valence-electron chi connectivity index (χ1n) is 9.49. The van der Waals surface area contributed by atoms with Crippen LogP contribution in [0.15, 0.2) is 65.8 Å². The minimum Gasteiger partial charge on any atom is -0.507 e. The lowest BCUT2D eigenvalue weighted by Gasteiger charge is -2.09. The summed E-state index contributed by atoms with van der Waals surface area (Å²) in [6.07, 6.45) is 2.03. The maximum atomic E-state index is 12.0. The van der Waals surface area contributed by atoms with Crippen molar-refractivity contribution in [2.75, 3.05) is 6.61 Å². The fourth-order valence-electron chi connectivity index (χ4n) is 2.99. The number of carbonyl (C=O) groups excluding carboxylic acids is 1. The largest absolute Gasteiger partial charge is 0.507 e. The molecule has 0 aliphatic rings. The first kappa shape index (κ1) is 21.4. The summed E-state index contributed by atoms with van der Waals surface area (Å²) in [5.74, 6) is 0.338. The zero-order valence-corrected chi connectivity index (χ0v) is 17.6. The number of nitrogens with one attached hydrogen (secondary N) is 1. The minimum atomic E-state index is -0.391. The Balaban J connectivity index is 1.58. The third-order valence-electron chi connectivity index (χ3n) is 4.53. The van der Waals surface area contributed by atoms with Crippen molar-refractivity contribution >= 4 is 23.7 Å². The summed E-state index contributed by atoms with van der Waals surface area (Å²) in [4.78, 5) is 12.0. The van der Waals surface area contributed by atoms with Crippen molar-refractivity contribution in [2.24, 2.45) is 5.10 Å². The van der Waals surface area contributed by atoms with Crippen molar-refractivity contribution in [3.8, 4) is 11.5 Å². The lowest BCUT2D eigenvalue weighted by Crippen LogP contribution is -2.24. The van der Waals surface area contributed by atoms with E-state index in [4.69, 9.17) is 16.3 Å². The van der Waals surface area contributed by atoms with Gasteiger partial charge in [0, 0.05) is 10.6 Å². The Labute approximate surface area is 181 Å². The molecule has 3 rings (SSSR count). The van der Waals surface area contributed by atoms with Gasteiger partial charge in [-0.3, -0.25) is 4.79 Å². The van der Waals surface area contributed by atoms with Gasteiger partial charge in [0.1, 0.15) is 11.5 Å². The number of amides is 1. The monoisotopic (exact) mass is 422 g/mol. The highest BCUT2D eigenvalue weighted by molar-refractivity contribution is 6.31. The van der Waals surface area contributed by atoms with Gasteiger partial charge in [0.15, 0.2) is 6.61 Å². The fraction of sp³-hybridized carbons (Fsp3) is 0.167. The molecular formula is C24H23ClN2O3. The number of phenols is 1. The molecule has 0 aliphatic carbocycles. The van der Waals surface area contributed by atoms with Crippen LogP contribution in [0, 0.1) is 13.8 Å². The molecule has 0 atom stereocenters. The summed E-state index contributed by atoms with van der Waals surface area (Å²) >= 11 is 6.22. The first-order valence-corrected chi connectivity index (χ1v) is 9.87. The van der Waals surface area contributed by atoms with Crippen LogP contribution in [0.25, 0.3) is 0 Å². The van der Waals surface area contributed by atoms with E-state index in [1.807, 2.05) is 62.4 Å². The molecule has 0 saturated heterocycles. The number of halogens is 1. The molecule has 0 fully saturated rings. The topological polar surface area (TPSA) is 70.9 Å². The van der Waals surface area contributed by atoms with Crippen LogP contribution in [0.3, 0.4) is 0 Å². The number of hydrogen-bond donors (Lipinski definition) is 2. The summed E-state index contributed by atoms with van der Waals surface area (Å²) in [5.41, 5.74) is 6.96. The number of nitrogens with zero attached hydrogens (tertiary/aromatic N) is 1. The van der Waals surface area contributed by atoms with Gasteiger partial charge in [-0.2, -0.15) is 5.10 Å². The average Bonchev–Trinajstić information content (AvgIpc) is 2.71. The Kier molecular flexibility index (Phi) is 7.09. The summed E-state index contributed by atoms with van der Waals surface area (Å²) in [7, 11) is 0. The van der Waals surface area contributed by atoms with E-state index in [1.54, 1.807) is 12.1 Å². The highest BCUT2D eigenvalue weighted by atomic mass is 35.5. The van der Waals surface area contributed by atoms with Gasteiger partial charge in [-0.15, -0.1) is 0 Å². The maximum Gasteiger partial charge on any atom is 0.277 e. The predicted octanol–water partition coefficient (Wildman–Crippen LogP) is 4.78. The SMILES string of the molecule is Cc1ccc(OCC(=O)N/N=C\c2cc(Cc3ccccc3Cl)ccc2O)c(C)c1. The quantitative estimate of drug-likeness (QED) is 0.425. The molecule has 0 saturated carbocycles. The molecule has 2 N–H and O–H groups in total. The van der Waals surface area contributed by atoms with E-state index in [1.165, 1.54) is 6.21 Å². The number of benzene rings is 3. The number of hydrogen-bond acceptors (Lipinski definition) is 4. The van der Waals surface area contributed by atoms with Crippen molar-refractivity contribution in [3.63, 3.8) is 0 Å². The van der Waals surface area contributed by atoms with Crippen molar-refractivity contribution in [3.05, 3.63) is 93.5 Å². The van der Waals surface area contributed by atoms with Gasteiger partial charge >= 0.3 is 0 Å². The Hall–Kier alpha value is -3.31. The minimum absolute atomic E-state index is 0.0717. The van der Waals surface area contributed by atoms with Gasteiger partial charge in [0.25, 0.3) is 5.91 Å². The second-order valence-electron chi connectivity index (χ2n) is 7.01. The first-order chi connectivity index (χ1) is 14.4. The van der Waals surface area contributed by atoms with Crippen molar-refractivity contribution in [1.29, 1.82) is 0 Å². The van der Waals surface area contributed by atoms with Gasteiger partial charge in [-0.1, -0.05) is 53.6 Å². The number of hydrazone groups is 1. The molecule has 1 amide bonds. The Morgan fingerprint density at radius 3 is 2.70 bits per heavy atom. The molecule has 0 heterocycles. The molecule has 3 aromatic rings. The highest BCUT2D eigenvalue weighted by Gasteiger charge is 2.06. The number of aromatic hydroxyl groups is 1. The highest BCUT2D eigenvalue weighted by Crippen LogP contribution is 2.22. The van der Waals surface area contributed by atoms with Gasteiger partial charge in [-0.05, 0) is 61.2 Å². The maximum absolute atomic E-state index is 12.0. The Morgan fingerprint density at radius 2 is 1.93 bits per heavy atom. The number of phenolic OH excluding ortho intramolecular Hbond substituents is 1. The van der Waals surface area contributed by atoms with E-state index >= 15 is 0 Å². The van der Waals surface area contributed by atoms with E-state index in [9.17, 15) is 9.90 Å². The molecule has 5 nitrogen and oxygen atoms in total. The molecule has 154 valence electrons. The van der Waals surface area contributed by atoms with Crippen LogP contribution >= 0.6 is 11.6 Å². The van der Waals surface area contributed by atoms with Crippen LogP contribution in [0.1, 0.15) is 27.8 Å². The van der Waals surface area contributed by atoms with Crippen LogP contribution in [0.2, 0.25) is 5.02 Å². The number of aryl methyl sites for hydroxylation is 2. The van der Waals surface area contributed by atoms with Gasteiger partial charge in [0.05, 0.1) is 6.21 Å². The van der Waals surface area contributed by atoms with E-state index < -0.39 is 5.91 Å². The smallest absolute Gasteiger partial charge is 0.277 e. The van der Waals surface area contributed by atoms with Crippen molar-refractivity contribution in [1.82, 2.24) is 5.43 Å². The molecule has 0 bridgehead atoms. The van der Waals surface area contributed by atoms with Gasteiger partial charge in [0.2, 0.25) is 0 Å². The number of carbonyl (C=O) groups is 1. The molecular weight excluding hydrogens is 400 g/mol. The van der Waals surface area contributed by atoms with E-state index in [2.05, 4.69) is 10.5 Å². The molecule has 3 aromatic carbocycles. The molecule has 0 unspecified atom stereocenters. The summed E-state index contributed by atoms with van der Waals surface area (Å²) < 4.78 is 5.53. The Morgan fingerprint density at radius 1 is 1.13 bits per heavy atom. The second kappa shape index (κ2) is 9.94. The lowest BCUT2D eigenvalue weighted by atomic mass is 10.0. The standard InChI is InChI=1S/C24H23ClN2O3/c1-16-7-10-23(17(2)11-16)30-15-24(29)27-26-14-20-13-18(8-9-22(20)28)12-19-5-3-4-6-21(19)25/h3-11,13-14,28H,12,15H2,1-2H3,(H,27,29)/b26-14-. The van der Waals surface area contributed by atoms with Crippen LogP contribution in [0.5, 0.6) is 11.5 Å². The van der Waals surface area contributed by atoms with Crippen LogP contribution in [-0.2, 0) is 11.2 Å². The zero-order chi connectivity index (χ0) is 21.5. The van der Waals surface area contributed by atoms with Crippen molar-refractivity contribution in [2.45, 2.75) is 20.3 Å². The number of rotatable bonds is 7.